The first-order chi connectivity index (χ1) is 10.6. The third kappa shape index (κ3) is 1.68. The first kappa shape index (κ1) is 13.2. The van der Waals surface area contributed by atoms with Gasteiger partial charge in [0.1, 0.15) is 0 Å². The number of anilines is 1. The fourth-order valence-corrected chi connectivity index (χ4v) is 4.11. The fourth-order valence-electron chi connectivity index (χ4n) is 4.11. The van der Waals surface area contributed by atoms with Crippen molar-refractivity contribution in [1.29, 1.82) is 0 Å². The molecule has 22 heavy (non-hydrogen) atoms. The van der Waals surface area contributed by atoms with Gasteiger partial charge in [0.2, 0.25) is 11.8 Å². The quantitative estimate of drug-likeness (QED) is 0.670. The second kappa shape index (κ2) is 4.53. The Morgan fingerprint density at radius 2 is 1.64 bits per heavy atom. The maximum absolute atomic E-state index is 12.7. The van der Waals surface area contributed by atoms with E-state index >= 15 is 0 Å². The molecule has 3 aliphatic carbocycles. The van der Waals surface area contributed by atoms with E-state index in [0.717, 1.165) is 12.8 Å². The normalized spacial score (nSPS) is 32.5. The van der Waals surface area contributed by atoms with Crippen LogP contribution in [0.5, 0.6) is 0 Å². The number of hydrogen-bond donors (Lipinski definition) is 1. The number of imide groups is 1. The van der Waals surface area contributed by atoms with Crippen molar-refractivity contribution in [3.63, 3.8) is 0 Å². The molecule has 112 valence electrons. The van der Waals surface area contributed by atoms with Crippen LogP contribution in [0.2, 0.25) is 0 Å². The van der Waals surface area contributed by atoms with Crippen LogP contribution in [0.15, 0.2) is 36.4 Å². The molecular weight excluding hydrogens is 282 g/mol. The molecule has 0 aromatic heterocycles. The molecule has 5 nitrogen and oxygen atoms in total. The number of aromatic carboxylic acids is 1. The molecule has 1 aliphatic heterocycles. The molecule has 0 radical (unpaired) electrons. The number of carboxylic acids is 1. The third-order valence-electron chi connectivity index (χ3n) is 5.11. The first-order valence-corrected chi connectivity index (χ1v) is 7.47. The number of allylic oxidation sites excluding steroid dienone is 2. The highest BCUT2D eigenvalue weighted by molar-refractivity contribution is 6.22. The van der Waals surface area contributed by atoms with E-state index < -0.39 is 5.97 Å². The number of amides is 2. The highest BCUT2D eigenvalue weighted by Crippen LogP contribution is 2.50. The van der Waals surface area contributed by atoms with Crippen molar-refractivity contribution in [2.24, 2.45) is 23.7 Å². The fraction of sp³-hybridized carbons (Fsp3) is 0.353. The zero-order valence-electron chi connectivity index (χ0n) is 11.8. The van der Waals surface area contributed by atoms with Gasteiger partial charge < -0.3 is 5.11 Å². The summed E-state index contributed by atoms with van der Waals surface area (Å²) in [5.41, 5.74) is 0.442. The summed E-state index contributed by atoms with van der Waals surface area (Å²) in [6, 6.07) is 6.03. The van der Waals surface area contributed by atoms with Crippen molar-refractivity contribution in [2.75, 3.05) is 4.90 Å². The topological polar surface area (TPSA) is 74.7 Å². The number of carboxylic acid groups (broad SMARTS) is 1. The van der Waals surface area contributed by atoms with Crippen LogP contribution >= 0.6 is 0 Å². The van der Waals surface area contributed by atoms with Crippen LogP contribution in [-0.2, 0) is 9.59 Å². The van der Waals surface area contributed by atoms with E-state index in [1.165, 1.54) is 17.0 Å². The average Bonchev–Trinajstić information content (AvgIpc) is 2.82. The number of fused-ring (bicyclic) bond motifs is 1. The third-order valence-corrected chi connectivity index (χ3v) is 5.11. The zero-order chi connectivity index (χ0) is 15.4. The smallest absolute Gasteiger partial charge is 0.335 e. The molecule has 1 heterocycles. The van der Waals surface area contributed by atoms with Crippen LogP contribution in [0.25, 0.3) is 0 Å². The van der Waals surface area contributed by atoms with Gasteiger partial charge in [-0.05, 0) is 42.9 Å². The van der Waals surface area contributed by atoms with Gasteiger partial charge >= 0.3 is 5.97 Å². The van der Waals surface area contributed by atoms with Crippen molar-refractivity contribution >= 4 is 23.5 Å². The van der Waals surface area contributed by atoms with Crippen LogP contribution < -0.4 is 4.90 Å². The van der Waals surface area contributed by atoms with Crippen molar-refractivity contribution in [3.8, 4) is 0 Å². The Morgan fingerprint density at radius 1 is 1.05 bits per heavy atom. The van der Waals surface area contributed by atoms with E-state index in [-0.39, 0.29) is 41.0 Å². The van der Waals surface area contributed by atoms with Crippen molar-refractivity contribution in [2.45, 2.75) is 12.8 Å². The first-order valence-electron chi connectivity index (χ1n) is 7.47. The lowest BCUT2D eigenvalue weighted by molar-refractivity contribution is -0.124. The summed E-state index contributed by atoms with van der Waals surface area (Å²) in [5.74, 6) is -1.71. The van der Waals surface area contributed by atoms with Crippen LogP contribution in [0, 0.1) is 23.7 Å². The minimum Gasteiger partial charge on any atom is -0.478 e. The van der Waals surface area contributed by atoms with Crippen LogP contribution in [0.1, 0.15) is 23.2 Å². The number of hydrogen-bond acceptors (Lipinski definition) is 3. The molecule has 4 atom stereocenters. The van der Waals surface area contributed by atoms with E-state index in [2.05, 4.69) is 12.2 Å². The second-order valence-electron chi connectivity index (χ2n) is 6.21. The average molecular weight is 297 g/mol. The van der Waals surface area contributed by atoms with Crippen LogP contribution in [0.3, 0.4) is 0 Å². The minimum atomic E-state index is -1.07. The number of nitrogens with zero attached hydrogens (tertiary/aromatic N) is 1. The summed E-state index contributed by atoms with van der Waals surface area (Å²) >= 11 is 0. The maximum atomic E-state index is 12.7. The molecule has 2 amide bonds. The molecule has 0 unspecified atom stereocenters. The predicted octanol–water partition coefficient (Wildman–Crippen LogP) is 2.09. The Bertz CT molecular complexity index is 691. The van der Waals surface area contributed by atoms with Gasteiger partial charge in [0.15, 0.2) is 0 Å². The van der Waals surface area contributed by atoms with Crippen molar-refractivity contribution < 1.29 is 19.5 Å². The predicted molar refractivity (Wildman–Crippen MR) is 78.2 cm³/mol. The summed E-state index contributed by atoms with van der Waals surface area (Å²) in [6.07, 6.45) is 6.03. The Hall–Kier alpha value is -2.43. The highest BCUT2D eigenvalue weighted by atomic mass is 16.4. The van der Waals surface area contributed by atoms with Gasteiger partial charge in [0.05, 0.1) is 23.1 Å². The number of carbonyl (C=O) groups excluding carboxylic acids is 2. The van der Waals surface area contributed by atoms with Gasteiger partial charge in [0.25, 0.3) is 0 Å². The van der Waals surface area contributed by atoms with Gasteiger partial charge in [-0.3, -0.25) is 9.59 Å². The van der Waals surface area contributed by atoms with E-state index in [1.807, 2.05) is 0 Å². The lowest BCUT2D eigenvalue weighted by atomic mass is 9.63. The van der Waals surface area contributed by atoms with Crippen LogP contribution in [0.4, 0.5) is 5.69 Å². The monoisotopic (exact) mass is 297 g/mol. The Kier molecular flexibility index (Phi) is 2.73. The Morgan fingerprint density at radius 3 is 2.14 bits per heavy atom. The van der Waals surface area contributed by atoms with Gasteiger partial charge in [-0.1, -0.05) is 18.2 Å². The largest absolute Gasteiger partial charge is 0.478 e. The molecule has 2 bridgehead atoms. The molecule has 5 heteroatoms. The molecular formula is C17H15NO4. The molecule has 4 aliphatic rings. The summed E-state index contributed by atoms with van der Waals surface area (Å²) < 4.78 is 0. The number of rotatable bonds is 2. The number of benzene rings is 1. The van der Waals surface area contributed by atoms with Gasteiger partial charge in [-0.2, -0.15) is 0 Å². The zero-order valence-corrected chi connectivity index (χ0v) is 11.8. The maximum Gasteiger partial charge on any atom is 0.335 e. The molecule has 1 saturated carbocycles. The Labute approximate surface area is 127 Å². The van der Waals surface area contributed by atoms with Crippen molar-refractivity contribution in [1.82, 2.24) is 0 Å². The summed E-state index contributed by atoms with van der Waals surface area (Å²) in [7, 11) is 0. The van der Waals surface area contributed by atoms with Crippen LogP contribution in [-0.4, -0.2) is 22.9 Å². The van der Waals surface area contributed by atoms with E-state index in [1.54, 1.807) is 12.1 Å². The molecule has 0 spiro atoms. The van der Waals surface area contributed by atoms with Gasteiger partial charge in [-0.15, -0.1) is 0 Å². The molecule has 1 aromatic rings. The molecule has 2 fully saturated rings. The van der Waals surface area contributed by atoms with Gasteiger partial charge in [-0.25, -0.2) is 9.69 Å². The van der Waals surface area contributed by atoms with Gasteiger partial charge in [0, 0.05) is 0 Å². The number of carbonyl (C=O) groups is 3. The van der Waals surface area contributed by atoms with E-state index in [0.29, 0.717) is 5.69 Å². The molecule has 5 rings (SSSR count). The van der Waals surface area contributed by atoms with Crippen molar-refractivity contribution in [3.05, 3.63) is 42.0 Å². The molecule has 1 saturated heterocycles. The molecule has 1 N–H and O–H groups in total. The highest BCUT2D eigenvalue weighted by Gasteiger charge is 2.56. The minimum absolute atomic E-state index is 0.0778. The second-order valence-corrected chi connectivity index (χ2v) is 6.21. The SMILES string of the molecule is O=C(O)c1cccc(N2C(=O)[C@H]3[C@H](C2=O)[C@H]2C=C[C@H]3CC2)c1. The molecule has 1 aromatic carbocycles. The Balaban J connectivity index is 1.75. The summed E-state index contributed by atoms with van der Waals surface area (Å²) in [6.45, 7) is 0. The van der Waals surface area contributed by atoms with E-state index in [9.17, 15) is 14.4 Å². The standard InChI is InChI=1S/C17H15NO4/c19-15-13-9-4-5-10(7-6-9)14(13)16(20)18(15)12-3-1-2-11(8-12)17(21)22/h1-5,8-10,13-14H,6-7H2,(H,21,22)/t9-,10-,13+,14+/m0/s1. The summed E-state index contributed by atoms with van der Waals surface area (Å²) in [5, 5.41) is 9.09. The lowest BCUT2D eigenvalue weighted by Crippen LogP contribution is -2.38. The lowest BCUT2D eigenvalue weighted by Gasteiger charge is -2.38. The van der Waals surface area contributed by atoms with E-state index in [4.69, 9.17) is 5.11 Å². The summed E-state index contributed by atoms with van der Waals surface area (Å²) in [4.78, 5) is 37.8.